The molecule has 0 amide bonds. The molecule has 0 saturated heterocycles. The minimum absolute atomic E-state index is 1.30. The molecular formula is C23H44. The molecule has 0 atom stereocenters. The molecule has 0 N–H and O–H groups in total. The molecule has 0 aromatic heterocycles. The number of hydrogen-bond acceptors (Lipinski definition) is 0. The summed E-state index contributed by atoms with van der Waals surface area (Å²) in [5, 5.41) is 0. The van der Waals surface area contributed by atoms with E-state index in [4.69, 9.17) is 0 Å². The van der Waals surface area contributed by atoms with Gasteiger partial charge in [0.2, 0.25) is 0 Å². The molecule has 0 aliphatic heterocycles. The highest BCUT2D eigenvalue weighted by Crippen LogP contribution is 2.14. The van der Waals surface area contributed by atoms with E-state index in [1.807, 2.05) is 0 Å². The van der Waals surface area contributed by atoms with Crippen LogP contribution in [0.2, 0.25) is 0 Å². The number of allylic oxidation sites excluding steroid dienone is 4. The molecule has 0 spiro atoms. The van der Waals surface area contributed by atoms with E-state index in [-0.39, 0.29) is 0 Å². The van der Waals surface area contributed by atoms with Gasteiger partial charge in [-0.25, -0.2) is 0 Å². The van der Waals surface area contributed by atoms with E-state index in [0.717, 1.165) is 0 Å². The molecule has 0 aromatic carbocycles. The Balaban J connectivity index is 3.18. The van der Waals surface area contributed by atoms with Crippen LogP contribution in [0.25, 0.3) is 0 Å². The molecule has 0 heteroatoms. The fourth-order valence-electron chi connectivity index (χ4n) is 2.89. The van der Waals surface area contributed by atoms with Crippen LogP contribution in [0.15, 0.2) is 23.3 Å². The molecule has 0 bridgehead atoms. The van der Waals surface area contributed by atoms with E-state index >= 15 is 0 Å². The van der Waals surface area contributed by atoms with Gasteiger partial charge in [-0.05, 0) is 59.3 Å². The summed E-state index contributed by atoms with van der Waals surface area (Å²) in [6.45, 7) is 9.03. The molecule has 0 unspecified atom stereocenters. The molecule has 0 radical (unpaired) electrons. The smallest absolute Gasteiger partial charge is 0.0321 e. The maximum atomic E-state index is 2.42. The van der Waals surface area contributed by atoms with Crippen molar-refractivity contribution in [3.8, 4) is 0 Å². The molecule has 136 valence electrons. The summed E-state index contributed by atoms with van der Waals surface area (Å²) in [6, 6.07) is 0. The van der Waals surface area contributed by atoms with E-state index in [9.17, 15) is 0 Å². The topological polar surface area (TPSA) is 0 Å². The highest BCUT2D eigenvalue weighted by molar-refractivity contribution is 5.06. The van der Waals surface area contributed by atoms with E-state index in [1.165, 1.54) is 102 Å². The van der Waals surface area contributed by atoms with Gasteiger partial charge in [-0.1, -0.05) is 88.0 Å². The Morgan fingerprint density at radius 1 is 0.565 bits per heavy atom. The van der Waals surface area contributed by atoms with Gasteiger partial charge in [-0.3, -0.25) is 0 Å². The van der Waals surface area contributed by atoms with Crippen LogP contribution in [-0.2, 0) is 0 Å². The van der Waals surface area contributed by atoms with Crippen LogP contribution in [0.4, 0.5) is 0 Å². The lowest BCUT2D eigenvalue weighted by Gasteiger charge is -2.04. The first-order chi connectivity index (χ1) is 11.2. The minimum Gasteiger partial charge on any atom is -0.0885 e. The first-order valence-corrected chi connectivity index (χ1v) is 10.5. The van der Waals surface area contributed by atoms with Gasteiger partial charge >= 0.3 is 0 Å². The summed E-state index contributed by atoms with van der Waals surface area (Å²) in [7, 11) is 0. The fourth-order valence-corrected chi connectivity index (χ4v) is 2.89. The Morgan fingerprint density at radius 2 is 1.00 bits per heavy atom. The molecule has 0 nitrogen and oxygen atoms in total. The van der Waals surface area contributed by atoms with Crippen LogP contribution in [0.5, 0.6) is 0 Å². The summed E-state index contributed by atoms with van der Waals surface area (Å²) >= 11 is 0. The minimum atomic E-state index is 1.30. The third-order valence-electron chi connectivity index (χ3n) is 4.92. The van der Waals surface area contributed by atoms with E-state index in [1.54, 1.807) is 5.57 Å². The van der Waals surface area contributed by atoms with Crippen molar-refractivity contribution in [3.63, 3.8) is 0 Å². The van der Waals surface area contributed by atoms with Crippen molar-refractivity contribution >= 4 is 0 Å². The summed E-state index contributed by atoms with van der Waals surface area (Å²) in [4.78, 5) is 0. The first kappa shape index (κ1) is 22.5. The monoisotopic (exact) mass is 320 g/mol. The van der Waals surface area contributed by atoms with Gasteiger partial charge in [-0.2, -0.15) is 0 Å². The Morgan fingerprint density at radius 3 is 1.48 bits per heavy atom. The molecule has 0 heterocycles. The van der Waals surface area contributed by atoms with Crippen LogP contribution in [0.1, 0.15) is 124 Å². The fraction of sp³-hybridized carbons (Fsp3) is 0.826. The van der Waals surface area contributed by atoms with Crippen molar-refractivity contribution in [1.82, 2.24) is 0 Å². The van der Waals surface area contributed by atoms with Crippen molar-refractivity contribution in [2.45, 2.75) is 124 Å². The lowest BCUT2D eigenvalue weighted by atomic mass is 10.0. The predicted molar refractivity (Wildman–Crippen MR) is 108 cm³/mol. The molecule has 23 heavy (non-hydrogen) atoms. The highest BCUT2D eigenvalue weighted by Gasteiger charge is 1.94. The quantitative estimate of drug-likeness (QED) is 0.197. The van der Waals surface area contributed by atoms with Gasteiger partial charge in [0.1, 0.15) is 0 Å². The largest absolute Gasteiger partial charge is 0.0885 e. The second kappa shape index (κ2) is 17.8. The normalized spacial score (nSPS) is 11.3. The van der Waals surface area contributed by atoms with Crippen molar-refractivity contribution in [3.05, 3.63) is 23.3 Å². The van der Waals surface area contributed by atoms with Crippen LogP contribution in [-0.4, -0.2) is 0 Å². The second-order valence-corrected chi connectivity index (χ2v) is 7.47. The Labute approximate surface area is 147 Å². The van der Waals surface area contributed by atoms with Crippen LogP contribution < -0.4 is 0 Å². The molecular weight excluding hydrogens is 276 g/mol. The number of hydrogen-bond donors (Lipinski definition) is 0. The second-order valence-electron chi connectivity index (χ2n) is 7.47. The van der Waals surface area contributed by atoms with Crippen molar-refractivity contribution < 1.29 is 0 Å². The summed E-state index contributed by atoms with van der Waals surface area (Å²) in [5.74, 6) is 0. The van der Waals surface area contributed by atoms with Gasteiger partial charge in [-0.15, -0.1) is 0 Å². The lowest BCUT2D eigenvalue weighted by molar-refractivity contribution is 0.594. The maximum Gasteiger partial charge on any atom is -0.0321 e. The maximum absolute atomic E-state index is 2.42. The zero-order valence-corrected chi connectivity index (χ0v) is 16.8. The lowest BCUT2D eigenvalue weighted by Crippen LogP contribution is -1.84. The van der Waals surface area contributed by atoms with Crippen LogP contribution in [0.3, 0.4) is 0 Å². The third-order valence-corrected chi connectivity index (χ3v) is 4.92. The predicted octanol–water partition coefficient (Wildman–Crippen LogP) is 8.77. The Kier molecular flexibility index (Phi) is 17.4. The Hall–Kier alpha value is -0.520. The van der Waals surface area contributed by atoms with Gasteiger partial charge in [0.25, 0.3) is 0 Å². The Bertz CT molecular complexity index is 291. The van der Waals surface area contributed by atoms with Crippen LogP contribution >= 0.6 is 0 Å². The van der Waals surface area contributed by atoms with E-state index in [0.29, 0.717) is 0 Å². The average Bonchev–Trinajstić information content (AvgIpc) is 2.54. The molecule has 0 rings (SSSR count). The third kappa shape index (κ3) is 17.7. The molecule has 0 saturated carbocycles. The molecule has 0 fully saturated rings. The highest BCUT2D eigenvalue weighted by atomic mass is 14.0. The van der Waals surface area contributed by atoms with Crippen molar-refractivity contribution in [2.24, 2.45) is 0 Å². The SMILES string of the molecule is CCCCCCCC/C=C\CCCCCCCCC(C)=C(C)C. The average molecular weight is 321 g/mol. The van der Waals surface area contributed by atoms with Crippen molar-refractivity contribution in [2.75, 3.05) is 0 Å². The summed E-state index contributed by atoms with van der Waals surface area (Å²) in [5.41, 5.74) is 3.11. The van der Waals surface area contributed by atoms with Gasteiger partial charge in [0.05, 0.1) is 0 Å². The summed E-state index contributed by atoms with van der Waals surface area (Å²) < 4.78 is 0. The first-order valence-electron chi connectivity index (χ1n) is 10.5. The van der Waals surface area contributed by atoms with Crippen LogP contribution in [0, 0.1) is 0 Å². The van der Waals surface area contributed by atoms with E-state index < -0.39 is 0 Å². The molecule has 0 aliphatic carbocycles. The van der Waals surface area contributed by atoms with E-state index in [2.05, 4.69) is 39.8 Å². The van der Waals surface area contributed by atoms with Gasteiger partial charge in [0, 0.05) is 0 Å². The van der Waals surface area contributed by atoms with Crippen molar-refractivity contribution in [1.29, 1.82) is 0 Å². The van der Waals surface area contributed by atoms with Gasteiger partial charge < -0.3 is 0 Å². The number of unbranched alkanes of at least 4 members (excludes halogenated alkanes) is 12. The zero-order chi connectivity index (χ0) is 17.2. The molecule has 0 aliphatic rings. The zero-order valence-electron chi connectivity index (χ0n) is 16.8. The summed E-state index contributed by atoms with van der Waals surface area (Å²) in [6.07, 6.45) is 25.7. The molecule has 0 aromatic rings. The van der Waals surface area contributed by atoms with Gasteiger partial charge in [0.15, 0.2) is 0 Å². The number of rotatable bonds is 16. The standard InChI is InChI=1S/C23H44/c1-5-6-7-8-9-10-11-12-13-14-15-16-17-18-19-20-21-23(4)22(2)3/h12-13H,5-11,14-21H2,1-4H3/b13-12-.